The average molecular weight is 260 g/mol. The first-order chi connectivity index (χ1) is 9.13. The van der Waals surface area contributed by atoms with Gasteiger partial charge >= 0.3 is 0 Å². The number of aryl methyl sites for hydroxylation is 2. The Labute approximate surface area is 110 Å². The number of anilines is 1. The first kappa shape index (κ1) is 12.0. The molecule has 0 saturated carbocycles. The van der Waals surface area contributed by atoms with E-state index in [1.165, 1.54) is 0 Å². The van der Waals surface area contributed by atoms with Gasteiger partial charge in [-0.3, -0.25) is 9.48 Å². The van der Waals surface area contributed by atoms with Gasteiger partial charge in [0.25, 0.3) is 5.91 Å². The van der Waals surface area contributed by atoms with Crippen molar-refractivity contribution >= 4 is 11.7 Å². The van der Waals surface area contributed by atoms with Gasteiger partial charge in [-0.25, -0.2) is 0 Å². The summed E-state index contributed by atoms with van der Waals surface area (Å²) in [6.45, 7) is 2.18. The van der Waals surface area contributed by atoms with Crippen molar-refractivity contribution in [1.29, 1.82) is 0 Å². The third kappa shape index (κ3) is 2.25. The third-order valence-electron chi connectivity index (χ3n) is 3.46. The highest BCUT2D eigenvalue weighted by atomic mass is 16.5. The zero-order valence-electron chi connectivity index (χ0n) is 11.0. The maximum Gasteiger partial charge on any atom is 0.279 e. The average Bonchev–Trinajstić information content (AvgIpc) is 2.95. The molecule has 0 aromatic carbocycles. The Morgan fingerprint density at radius 2 is 2.42 bits per heavy atom. The second-order valence-corrected chi connectivity index (χ2v) is 5.11. The molecular formula is C13H16N4O2. The molecule has 6 heteroatoms. The van der Waals surface area contributed by atoms with Crippen molar-refractivity contribution in [3.63, 3.8) is 0 Å². The minimum atomic E-state index is -0.252. The summed E-state index contributed by atoms with van der Waals surface area (Å²) < 4.78 is 6.90. The number of amides is 1. The second kappa shape index (κ2) is 4.53. The highest BCUT2D eigenvalue weighted by Gasteiger charge is 2.27. The number of hydrogen-bond donors (Lipinski definition) is 1. The molecule has 0 aliphatic heterocycles. The molecule has 0 fully saturated rings. The van der Waals surface area contributed by atoms with Crippen LogP contribution in [0.4, 0.5) is 5.82 Å². The van der Waals surface area contributed by atoms with Gasteiger partial charge in [-0.1, -0.05) is 12.1 Å². The quantitative estimate of drug-likeness (QED) is 0.893. The van der Waals surface area contributed by atoms with Crippen LogP contribution in [0.1, 0.15) is 35.2 Å². The Kier molecular flexibility index (Phi) is 2.85. The van der Waals surface area contributed by atoms with Crippen molar-refractivity contribution in [3.05, 3.63) is 29.3 Å². The standard InChI is InChI=1S/C13H16N4O2/c1-8-3-4-10-9(7-8)12(16-19-10)13(18)14-11-5-6-17(2)15-11/h5-6,8H,3-4,7H2,1-2H3,(H,14,15,18)/t8-/m0/s1. The van der Waals surface area contributed by atoms with Gasteiger partial charge in [0.15, 0.2) is 11.5 Å². The minimum absolute atomic E-state index is 0.252. The number of aromatic nitrogens is 3. The largest absolute Gasteiger partial charge is 0.360 e. The van der Waals surface area contributed by atoms with Gasteiger partial charge < -0.3 is 9.84 Å². The van der Waals surface area contributed by atoms with Crippen LogP contribution in [0.2, 0.25) is 0 Å². The minimum Gasteiger partial charge on any atom is -0.360 e. The summed E-state index contributed by atoms with van der Waals surface area (Å²) in [7, 11) is 1.80. The normalized spacial score (nSPS) is 18.1. The molecule has 1 atom stereocenters. The summed E-state index contributed by atoms with van der Waals surface area (Å²) in [6.07, 6.45) is 4.57. The fourth-order valence-electron chi connectivity index (χ4n) is 2.41. The van der Waals surface area contributed by atoms with Gasteiger partial charge in [0.1, 0.15) is 5.76 Å². The van der Waals surface area contributed by atoms with Crippen molar-refractivity contribution in [2.75, 3.05) is 5.32 Å². The van der Waals surface area contributed by atoms with Gasteiger partial charge in [0, 0.05) is 31.3 Å². The van der Waals surface area contributed by atoms with E-state index in [1.807, 2.05) is 0 Å². The second-order valence-electron chi connectivity index (χ2n) is 5.11. The van der Waals surface area contributed by atoms with Crippen LogP contribution in [-0.4, -0.2) is 20.8 Å². The van der Waals surface area contributed by atoms with Crippen LogP contribution in [0.5, 0.6) is 0 Å². The fourth-order valence-corrected chi connectivity index (χ4v) is 2.41. The van der Waals surface area contributed by atoms with E-state index in [1.54, 1.807) is 24.0 Å². The summed E-state index contributed by atoms with van der Waals surface area (Å²) >= 11 is 0. The lowest BCUT2D eigenvalue weighted by Crippen LogP contribution is -2.18. The highest BCUT2D eigenvalue weighted by molar-refractivity contribution is 6.03. The van der Waals surface area contributed by atoms with Gasteiger partial charge in [-0.15, -0.1) is 0 Å². The van der Waals surface area contributed by atoms with Crippen molar-refractivity contribution in [1.82, 2.24) is 14.9 Å². The molecule has 0 saturated heterocycles. The van der Waals surface area contributed by atoms with Crippen LogP contribution in [0.25, 0.3) is 0 Å². The highest BCUT2D eigenvalue weighted by Crippen LogP contribution is 2.28. The molecule has 1 aliphatic rings. The number of fused-ring (bicyclic) bond motifs is 1. The van der Waals surface area contributed by atoms with E-state index in [-0.39, 0.29) is 5.91 Å². The van der Waals surface area contributed by atoms with E-state index in [4.69, 9.17) is 4.52 Å². The Morgan fingerprint density at radius 1 is 1.58 bits per heavy atom. The molecule has 2 heterocycles. The van der Waals surface area contributed by atoms with E-state index >= 15 is 0 Å². The van der Waals surface area contributed by atoms with E-state index in [2.05, 4.69) is 22.5 Å². The topological polar surface area (TPSA) is 73.0 Å². The lowest BCUT2D eigenvalue weighted by atomic mass is 9.88. The molecule has 3 rings (SSSR count). The van der Waals surface area contributed by atoms with E-state index < -0.39 is 0 Å². The van der Waals surface area contributed by atoms with E-state index in [0.29, 0.717) is 17.4 Å². The molecule has 0 spiro atoms. The summed E-state index contributed by atoms with van der Waals surface area (Å²) in [4.78, 5) is 12.2. The van der Waals surface area contributed by atoms with E-state index in [0.717, 1.165) is 30.6 Å². The Morgan fingerprint density at radius 3 is 3.16 bits per heavy atom. The SMILES string of the molecule is C[C@H]1CCc2onc(C(=O)Nc3ccn(C)n3)c2C1. The summed E-state index contributed by atoms with van der Waals surface area (Å²) in [5.41, 5.74) is 1.35. The van der Waals surface area contributed by atoms with Crippen LogP contribution in [0.15, 0.2) is 16.8 Å². The van der Waals surface area contributed by atoms with Gasteiger partial charge in [0.2, 0.25) is 0 Å². The Balaban J connectivity index is 1.82. The number of nitrogens with one attached hydrogen (secondary N) is 1. The predicted molar refractivity (Wildman–Crippen MR) is 68.9 cm³/mol. The zero-order valence-corrected chi connectivity index (χ0v) is 11.0. The van der Waals surface area contributed by atoms with Gasteiger partial charge in [0.05, 0.1) is 0 Å². The van der Waals surface area contributed by atoms with Gasteiger partial charge in [-0.05, 0) is 18.8 Å². The third-order valence-corrected chi connectivity index (χ3v) is 3.46. The smallest absolute Gasteiger partial charge is 0.279 e. The maximum absolute atomic E-state index is 12.2. The monoisotopic (exact) mass is 260 g/mol. The van der Waals surface area contributed by atoms with Crippen LogP contribution in [0.3, 0.4) is 0 Å². The predicted octanol–water partition coefficient (Wildman–Crippen LogP) is 1.79. The molecule has 19 heavy (non-hydrogen) atoms. The van der Waals surface area contributed by atoms with Crippen LogP contribution in [0, 0.1) is 5.92 Å². The first-order valence-electron chi connectivity index (χ1n) is 6.42. The Bertz CT molecular complexity index is 614. The molecular weight excluding hydrogens is 244 g/mol. The molecule has 1 N–H and O–H groups in total. The number of carbonyl (C=O) groups is 1. The van der Waals surface area contributed by atoms with Crippen LogP contribution >= 0.6 is 0 Å². The number of hydrogen-bond acceptors (Lipinski definition) is 4. The molecule has 2 aromatic rings. The van der Waals surface area contributed by atoms with Crippen molar-refractivity contribution in [3.8, 4) is 0 Å². The molecule has 0 unspecified atom stereocenters. The van der Waals surface area contributed by atoms with E-state index in [9.17, 15) is 4.79 Å². The van der Waals surface area contributed by atoms with Crippen molar-refractivity contribution in [2.24, 2.45) is 13.0 Å². The summed E-state index contributed by atoms with van der Waals surface area (Å²) in [5, 5.41) is 10.8. The molecule has 2 aromatic heterocycles. The molecule has 0 radical (unpaired) electrons. The number of rotatable bonds is 2. The molecule has 1 amide bonds. The number of carbonyl (C=O) groups excluding carboxylic acids is 1. The van der Waals surface area contributed by atoms with Crippen LogP contribution < -0.4 is 5.32 Å². The maximum atomic E-state index is 12.2. The lowest BCUT2D eigenvalue weighted by Gasteiger charge is -2.16. The molecule has 1 aliphatic carbocycles. The first-order valence-corrected chi connectivity index (χ1v) is 6.42. The summed E-state index contributed by atoms with van der Waals surface area (Å²) in [5.74, 6) is 1.68. The van der Waals surface area contributed by atoms with Crippen molar-refractivity contribution < 1.29 is 9.32 Å². The van der Waals surface area contributed by atoms with Crippen molar-refractivity contribution in [2.45, 2.75) is 26.2 Å². The zero-order chi connectivity index (χ0) is 13.4. The van der Waals surface area contributed by atoms with Gasteiger partial charge in [-0.2, -0.15) is 5.10 Å². The molecule has 100 valence electrons. The van der Waals surface area contributed by atoms with Crippen LogP contribution in [-0.2, 0) is 19.9 Å². The molecule has 6 nitrogen and oxygen atoms in total. The lowest BCUT2D eigenvalue weighted by molar-refractivity contribution is 0.101. The molecule has 0 bridgehead atoms. The Hall–Kier alpha value is -2.11. The number of nitrogens with zero attached hydrogens (tertiary/aromatic N) is 3. The fraction of sp³-hybridized carbons (Fsp3) is 0.462. The summed E-state index contributed by atoms with van der Waals surface area (Å²) in [6, 6.07) is 1.74.